The molecule has 2 aromatic rings. The predicted molar refractivity (Wildman–Crippen MR) is 96.3 cm³/mol. The summed E-state index contributed by atoms with van der Waals surface area (Å²) in [5.74, 6) is 1.04. The Bertz CT molecular complexity index is 825. The maximum Gasteiger partial charge on any atom is 0.239 e. The largest absolute Gasteiger partial charge is 0.311 e. The van der Waals surface area contributed by atoms with Crippen molar-refractivity contribution >= 4 is 11.6 Å². The second-order valence-corrected chi connectivity index (χ2v) is 7.94. The molecule has 0 bridgehead atoms. The third kappa shape index (κ3) is 2.41. The lowest BCUT2D eigenvalue weighted by molar-refractivity contribution is -0.122. The van der Waals surface area contributed by atoms with Gasteiger partial charge in [-0.05, 0) is 43.4 Å². The van der Waals surface area contributed by atoms with Crippen molar-refractivity contribution in [1.29, 1.82) is 0 Å². The maximum atomic E-state index is 13.4. The molecule has 2 fully saturated rings. The highest BCUT2D eigenvalue weighted by atomic mass is 16.2. The first-order valence-electron chi connectivity index (χ1n) is 9.27. The lowest BCUT2D eigenvalue weighted by Crippen LogP contribution is -2.43. The Morgan fingerprint density at radius 3 is 2.88 bits per heavy atom. The van der Waals surface area contributed by atoms with E-state index in [1.807, 2.05) is 17.9 Å². The standard InChI is InChI=1S/C20H24N4O/c1-22-11-16(10-21-22)12-23-9-8-20(14-23)17-4-2-3-5-18(17)24(19(20)25)13-15-6-7-15/h2-5,10-11,15H,6-9,12-14H2,1H3/t20-/m0/s1. The Morgan fingerprint density at radius 2 is 2.12 bits per heavy atom. The summed E-state index contributed by atoms with van der Waals surface area (Å²) in [6.45, 7) is 3.55. The third-order valence-corrected chi connectivity index (χ3v) is 6.02. The molecule has 5 rings (SSSR count). The minimum atomic E-state index is -0.340. The number of hydrogen-bond acceptors (Lipinski definition) is 3. The molecule has 2 aliphatic heterocycles. The molecule has 1 aromatic carbocycles. The van der Waals surface area contributed by atoms with Crippen LogP contribution in [0.25, 0.3) is 0 Å². The van der Waals surface area contributed by atoms with Crippen LogP contribution in [-0.4, -0.2) is 40.2 Å². The summed E-state index contributed by atoms with van der Waals surface area (Å²) in [6, 6.07) is 8.45. The molecular formula is C20H24N4O. The molecule has 1 atom stereocenters. The van der Waals surface area contributed by atoms with Gasteiger partial charge in [0.25, 0.3) is 0 Å². The summed E-state index contributed by atoms with van der Waals surface area (Å²) in [5.41, 5.74) is 3.28. The van der Waals surface area contributed by atoms with E-state index < -0.39 is 0 Å². The van der Waals surface area contributed by atoms with E-state index in [2.05, 4.69) is 45.4 Å². The van der Waals surface area contributed by atoms with E-state index in [4.69, 9.17) is 0 Å². The molecule has 3 aliphatic rings. The van der Waals surface area contributed by atoms with E-state index in [9.17, 15) is 4.79 Å². The zero-order valence-electron chi connectivity index (χ0n) is 14.7. The summed E-state index contributed by atoms with van der Waals surface area (Å²) in [4.78, 5) is 17.9. The first-order valence-corrected chi connectivity index (χ1v) is 9.27. The summed E-state index contributed by atoms with van der Waals surface area (Å²) in [6.07, 6.45) is 7.45. The molecule has 1 saturated carbocycles. The summed E-state index contributed by atoms with van der Waals surface area (Å²) >= 11 is 0. The molecule has 1 saturated heterocycles. The molecule has 1 aliphatic carbocycles. The normalized spacial score (nSPS) is 26.0. The quantitative estimate of drug-likeness (QED) is 0.860. The SMILES string of the molecule is Cn1cc(CN2CC[C@@]3(C2)C(=O)N(CC2CC2)c2ccccc23)cn1. The minimum Gasteiger partial charge on any atom is -0.311 e. The van der Waals surface area contributed by atoms with E-state index in [1.54, 1.807) is 0 Å². The third-order valence-electron chi connectivity index (χ3n) is 6.02. The van der Waals surface area contributed by atoms with E-state index in [-0.39, 0.29) is 5.41 Å². The second-order valence-electron chi connectivity index (χ2n) is 7.94. The fourth-order valence-electron chi connectivity index (χ4n) is 4.57. The van der Waals surface area contributed by atoms with Crippen molar-refractivity contribution < 1.29 is 4.79 Å². The van der Waals surface area contributed by atoms with Crippen LogP contribution in [0.15, 0.2) is 36.7 Å². The van der Waals surface area contributed by atoms with Crippen LogP contribution in [-0.2, 0) is 23.8 Å². The van der Waals surface area contributed by atoms with E-state index >= 15 is 0 Å². The highest BCUT2D eigenvalue weighted by Gasteiger charge is 2.54. The fraction of sp³-hybridized carbons (Fsp3) is 0.500. The van der Waals surface area contributed by atoms with Crippen LogP contribution in [0.1, 0.15) is 30.4 Å². The second kappa shape index (κ2) is 5.43. The summed E-state index contributed by atoms with van der Waals surface area (Å²) in [7, 11) is 1.95. The molecule has 3 heterocycles. The molecular weight excluding hydrogens is 312 g/mol. The molecule has 25 heavy (non-hydrogen) atoms. The van der Waals surface area contributed by atoms with Gasteiger partial charge in [-0.25, -0.2) is 0 Å². The van der Waals surface area contributed by atoms with Gasteiger partial charge in [0.1, 0.15) is 0 Å². The van der Waals surface area contributed by atoms with Crippen molar-refractivity contribution in [2.45, 2.75) is 31.2 Å². The molecule has 130 valence electrons. The number of benzene rings is 1. The Hall–Kier alpha value is -2.14. The number of anilines is 1. The van der Waals surface area contributed by atoms with E-state index in [0.717, 1.165) is 38.3 Å². The number of amides is 1. The molecule has 0 N–H and O–H groups in total. The van der Waals surface area contributed by atoms with Gasteiger partial charge >= 0.3 is 0 Å². The number of rotatable bonds is 4. The topological polar surface area (TPSA) is 41.4 Å². The monoisotopic (exact) mass is 336 g/mol. The van der Waals surface area contributed by atoms with Crippen LogP contribution >= 0.6 is 0 Å². The number of aromatic nitrogens is 2. The van der Waals surface area contributed by atoms with E-state index in [0.29, 0.717) is 11.8 Å². The van der Waals surface area contributed by atoms with Gasteiger partial charge in [-0.15, -0.1) is 0 Å². The van der Waals surface area contributed by atoms with Crippen LogP contribution in [0.2, 0.25) is 0 Å². The van der Waals surface area contributed by atoms with Gasteiger partial charge in [-0.3, -0.25) is 14.4 Å². The van der Waals surface area contributed by atoms with Crippen molar-refractivity contribution in [3.8, 4) is 0 Å². The number of fused-ring (bicyclic) bond motifs is 2. The molecule has 0 unspecified atom stereocenters. The number of likely N-dealkylation sites (tertiary alicyclic amines) is 1. The predicted octanol–water partition coefficient (Wildman–Crippen LogP) is 2.32. The van der Waals surface area contributed by atoms with Crippen LogP contribution in [0, 0.1) is 5.92 Å². The minimum absolute atomic E-state index is 0.328. The van der Waals surface area contributed by atoms with Gasteiger partial charge in [-0.2, -0.15) is 5.10 Å². The van der Waals surface area contributed by atoms with Crippen molar-refractivity contribution in [2.24, 2.45) is 13.0 Å². The molecule has 1 amide bonds. The molecule has 5 nitrogen and oxygen atoms in total. The van der Waals surface area contributed by atoms with Gasteiger partial charge in [-0.1, -0.05) is 18.2 Å². The van der Waals surface area contributed by atoms with Gasteiger partial charge in [0, 0.05) is 44.1 Å². The van der Waals surface area contributed by atoms with Crippen LogP contribution < -0.4 is 4.90 Å². The zero-order chi connectivity index (χ0) is 17.0. The van der Waals surface area contributed by atoms with E-state index in [1.165, 1.54) is 24.0 Å². The van der Waals surface area contributed by atoms with Crippen molar-refractivity contribution in [2.75, 3.05) is 24.5 Å². The number of para-hydroxylation sites is 1. The average Bonchev–Trinajstić information content (AvgIpc) is 3.12. The maximum absolute atomic E-state index is 13.4. The van der Waals surface area contributed by atoms with Gasteiger partial charge < -0.3 is 4.90 Å². The smallest absolute Gasteiger partial charge is 0.239 e. The first kappa shape index (κ1) is 15.1. The average molecular weight is 336 g/mol. The Labute approximate surface area is 148 Å². The summed E-state index contributed by atoms with van der Waals surface area (Å²) in [5, 5.41) is 4.27. The number of nitrogens with zero attached hydrogens (tertiary/aromatic N) is 4. The Morgan fingerprint density at radius 1 is 1.28 bits per heavy atom. The zero-order valence-corrected chi connectivity index (χ0v) is 14.7. The number of carbonyl (C=O) groups excluding carboxylic acids is 1. The van der Waals surface area contributed by atoms with Crippen molar-refractivity contribution in [3.05, 3.63) is 47.8 Å². The van der Waals surface area contributed by atoms with Gasteiger partial charge in [0.15, 0.2) is 0 Å². The van der Waals surface area contributed by atoms with Gasteiger partial charge in [0.2, 0.25) is 5.91 Å². The fourth-order valence-corrected chi connectivity index (χ4v) is 4.57. The Balaban J connectivity index is 1.43. The van der Waals surface area contributed by atoms with Crippen LogP contribution in [0.5, 0.6) is 0 Å². The molecule has 1 aromatic heterocycles. The number of hydrogen-bond donors (Lipinski definition) is 0. The highest BCUT2D eigenvalue weighted by molar-refractivity contribution is 6.08. The van der Waals surface area contributed by atoms with Gasteiger partial charge in [0.05, 0.1) is 11.6 Å². The number of carbonyl (C=O) groups is 1. The molecule has 0 radical (unpaired) electrons. The molecule has 5 heteroatoms. The summed E-state index contributed by atoms with van der Waals surface area (Å²) < 4.78 is 1.84. The van der Waals surface area contributed by atoms with Crippen LogP contribution in [0.3, 0.4) is 0 Å². The van der Waals surface area contributed by atoms with Crippen LogP contribution in [0.4, 0.5) is 5.69 Å². The highest BCUT2D eigenvalue weighted by Crippen LogP contribution is 2.48. The van der Waals surface area contributed by atoms with Crippen molar-refractivity contribution in [3.63, 3.8) is 0 Å². The number of aryl methyl sites for hydroxylation is 1. The van der Waals surface area contributed by atoms with Crippen molar-refractivity contribution in [1.82, 2.24) is 14.7 Å². The Kier molecular flexibility index (Phi) is 3.29. The lowest BCUT2D eigenvalue weighted by Gasteiger charge is -2.24. The molecule has 1 spiro atoms. The first-order chi connectivity index (χ1) is 12.2. The lowest BCUT2D eigenvalue weighted by atomic mass is 9.81.